The van der Waals surface area contributed by atoms with Crippen molar-refractivity contribution in [2.45, 2.75) is 44.8 Å². The number of hydrogen-bond donors (Lipinski definition) is 1. The Morgan fingerprint density at radius 2 is 2.44 bits per heavy atom. The lowest BCUT2D eigenvalue weighted by Gasteiger charge is -2.33. The van der Waals surface area contributed by atoms with Gasteiger partial charge in [-0.3, -0.25) is 0 Å². The minimum Gasteiger partial charge on any atom is -0.373 e. The zero-order chi connectivity index (χ0) is 13.2. The zero-order valence-electron chi connectivity index (χ0n) is 10.8. The average Bonchev–Trinajstić information content (AvgIpc) is 2.88. The van der Waals surface area contributed by atoms with Gasteiger partial charge in [0.25, 0.3) is 0 Å². The molecule has 0 amide bonds. The fourth-order valence-electron chi connectivity index (χ4n) is 2.44. The number of rotatable bonds is 5. The highest BCUT2D eigenvalue weighted by Gasteiger charge is 2.40. The first kappa shape index (κ1) is 14.8. The van der Waals surface area contributed by atoms with Gasteiger partial charge in [-0.1, -0.05) is 18.5 Å². The summed E-state index contributed by atoms with van der Waals surface area (Å²) in [5, 5.41) is 3.61. The van der Waals surface area contributed by atoms with E-state index in [0.717, 1.165) is 41.2 Å². The number of halogens is 2. The predicted molar refractivity (Wildman–Crippen MR) is 81.7 cm³/mol. The van der Waals surface area contributed by atoms with Crippen molar-refractivity contribution in [2.24, 2.45) is 0 Å². The third-order valence-corrected chi connectivity index (χ3v) is 5.95. The van der Waals surface area contributed by atoms with E-state index in [2.05, 4.69) is 41.2 Å². The number of thiophene rings is 1. The SMILES string of the molecule is CCCNC(c1cc(Br)c(Cl)s1)C1(C)CCCO1. The predicted octanol–water partition coefficient (Wildman–Crippen LogP) is 4.77. The van der Waals surface area contributed by atoms with E-state index in [0.29, 0.717) is 0 Å². The van der Waals surface area contributed by atoms with Crippen LogP contribution in [0, 0.1) is 0 Å². The molecule has 2 nitrogen and oxygen atoms in total. The van der Waals surface area contributed by atoms with E-state index >= 15 is 0 Å². The highest BCUT2D eigenvalue weighted by molar-refractivity contribution is 9.10. The largest absolute Gasteiger partial charge is 0.373 e. The van der Waals surface area contributed by atoms with E-state index in [-0.39, 0.29) is 11.6 Å². The summed E-state index contributed by atoms with van der Waals surface area (Å²) in [6.07, 6.45) is 3.36. The molecule has 2 heterocycles. The Hall–Kier alpha value is 0.390. The van der Waals surface area contributed by atoms with Crippen LogP contribution in [0.1, 0.15) is 44.0 Å². The molecule has 1 aromatic rings. The van der Waals surface area contributed by atoms with Crippen molar-refractivity contribution in [1.82, 2.24) is 5.32 Å². The smallest absolute Gasteiger partial charge is 0.107 e. The molecule has 1 aromatic heterocycles. The molecule has 1 N–H and O–H groups in total. The molecule has 0 bridgehead atoms. The third-order valence-electron chi connectivity index (χ3n) is 3.41. The van der Waals surface area contributed by atoms with Crippen LogP contribution in [0.4, 0.5) is 0 Å². The van der Waals surface area contributed by atoms with E-state index in [4.69, 9.17) is 16.3 Å². The van der Waals surface area contributed by atoms with E-state index < -0.39 is 0 Å². The van der Waals surface area contributed by atoms with Crippen LogP contribution < -0.4 is 5.32 Å². The molecule has 102 valence electrons. The molecular formula is C13H19BrClNOS. The molecule has 1 aliphatic heterocycles. The molecule has 1 saturated heterocycles. The fourth-order valence-corrected chi connectivity index (χ4v) is 4.39. The minimum atomic E-state index is -0.108. The van der Waals surface area contributed by atoms with Crippen molar-refractivity contribution < 1.29 is 4.74 Å². The van der Waals surface area contributed by atoms with Gasteiger partial charge in [0.05, 0.1) is 11.6 Å². The number of ether oxygens (including phenoxy) is 1. The maximum Gasteiger partial charge on any atom is 0.107 e. The molecule has 0 saturated carbocycles. The maximum absolute atomic E-state index is 6.16. The number of nitrogens with one attached hydrogen (secondary N) is 1. The van der Waals surface area contributed by atoms with Gasteiger partial charge in [0, 0.05) is 16.0 Å². The first-order valence-electron chi connectivity index (χ1n) is 6.39. The Morgan fingerprint density at radius 1 is 1.67 bits per heavy atom. The minimum absolute atomic E-state index is 0.108. The van der Waals surface area contributed by atoms with Crippen LogP contribution in [0.15, 0.2) is 10.5 Å². The van der Waals surface area contributed by atoms with Gasteiger partial charge < -0.3 is 10.1 Å². The lowest BCUT2D eigenvalue weighted by Crippen LogP contribution is -2.41. The van der Waals surface area contributed by atoms with E-state index in [1.807, 2.05) is 0 Å². The molecule has 1 aliphatic rings. The Labute approximate surface area is 126 Å². The summed E-state index contributed by atoms with van der Waals surface area (Å²) in [5.41, 5.74) is -0.108. The molecule has 0 spiro atoms. The zero-order valence-corrected chi connectivity index (χ0v) is 13.9. The molecule has 2 unspecified atom stereocenters. The van der Waals surface area contributed by atoms with Gasteiger partial charge in [0.15, 0.2) is 0 Å². The van der Waals surface area contributed by atoms with E-state index in [1.165, 1.54) is 4.88 Å². The van der Waals surface area contributed by atoms with Crippen LogP contribution in [0.25, 0.3) is 0 Å². The van der Waals surface area contributed by atoms with Gasteiger partial charge in [-0.2, -0.15) is 0 Å². The van der Waals surface area contributed by atoms with E-state index in [1.54, 1.807) is 11.3 Å². The summed E-state index contributed by atoms with van der Waals surface area (Å²) in [5.74, 6) is 0. The standard InChI is InChI=1S/C13H19BrClNOS/c1-3-6-16-11(13(2)5-4-7-17-13)10-8-9(14)12(15)18-10/h8,11,16H,3-7H2,1-2H3. The Bertz CT molecular complexity index is 384. The van der Waals surface area contributed by atoms with Gasteiger partial charge in [0.1, 0.15) is 4.34 Å². The average molecular weight is 353 g/mol. The Morgan fingerprint density at radius 3 is 2.94 bits per heavy atom. The van der Waals surface area contributed by atoms with E-state index in [9.17, 15) is 0 Å². The maximum atomic E-state index is 6.16. The van der Waals surface area contributed by atoms with Crippen molar-refractivity contribution in [3.63, 3.8) is 0 Å². The molecular weight excluding hydrogens is 334 g/mol. The van der Waals surface area contributed by atoms with Crippen LogP contribution in [-0.2, 0) is 4.74 Å². The second-order valence-electron chi connectivity index (χ2n) is 4.92. The molecule has 0 aliphatic carbocycles. The van der Waals surface area contributed by atoms with Crippen LogP contribution in [-0.4, -0.2) is 18.8 Å². The van der Waals surface area contributed by atoms with Crippen LogP contribution in [0.5, 0.6) is 0 Å². The van der Waals surface area contributed by atoms with Gasteiger partial charge in [-0.15, -0.1) is 11.3 Å². The van der Waals surface area contributed by atoms with Crippen molar-refractivity contribution in [3.05, 3.63) is 19.8 Å². The highest BCUT2D eigenvalue weighted by atomic mass is 79.9. The quantitative estimate of drug-likeness (QED) is 0.824. The third kappa shape index (κ3) is 3.10. The molecule has 0 aromatic carbocycles. The van der Waals surface area contributed by atoms with Gasteiger partial charge in [-0.05, 0) is 54.7 Å². The summed E-state index contributed by atoms with van der Waals surface area (Å²) >= 11 is 11.3. The lowest BCUT2D eigenvalue weighted by atomic mass is 9.92. The second-order valence-corrected chi connectivity index (χ2v) is 7.46. The summed E-state index contributed by atoms with van der Waals surface area (Å²) < 4.78 is 7.78. The van der Waals surface area contributed by atoms with Gasteiger partial charge in [0.2, 0.25) is 0 Å². The van der Waals surface area contributed by atoms with Crippen molar-refractivity contribution in [3.8, 4) is 0 Å². The monoisotopic (exact) mass is 351 g/mol. The van der Waals surface area contributed by atoms with Crippen LogP contribution in [0.2, 0.25) is 4.34 Å². The highest BCUT2D eigenvalue weighted by Crippen LogP contribution is 2.43. The van der Waals surface area contributed by atoms with Crippen molar-refractivity contribution >= 4 is 38.9 Å². The molecule has 2 atom stereocenters. The van der Waals surface area contributed by atoms with Gasteiger partial charge >= 0.3 is 0 Å². The first-order valence-corrected chi connectivity index (χ1v) is 8.37. The number of hydrogen-bond acceptors (Lipinski definition) is 3. The first-order chi connectivity index (χ1) is 8.57. The normalized spacial score (nSPS) is 25.6. The molecule has 2 rings (SSSR count). The lowest BCUT2D eigenvalue weighted by molar-refractivity contribution is -0.0115. The molecule has 1 fully saturated rings. The molecule has 0 radical (unpaired) electrons. The van der Waals surface area contributed by atoms with Crippen molar-refractivity contribution in [2.75, 3.05) is 13.2 Å². The van der Waals surface area contributed by atoms with Crippen LogP contribution in [0.3, 0.4) is 0 Å². The topological polar surface area (TPSA) is 21.3 Å². The molecule has 5 heteroatoms. The summed E-state index contributed by atoms with van der Waals surface area (Å²) in [6.45, 7) is 6.24. The summed E-state index contributed by atoms with van der Waals surface area (Å²) in [4.78, 5) is 1.25. The summed E-state index contributed by atoms with van der Waals surface area (Å²) in [6, 6.07) is 2.35. The second kappa shape index (κ2) is 6.23. The fraction of sp³-hybridized carbons (Fsp3) is 0.692. The van der Waals surface area contributed by atoms with Gasteiger partial charge in [-0.25, -0.2) is 0 Å². The van der Waals surface area contributed by atoms with Crippen LogP contribution >= 0.6 is 38.9 Å². The summed E-state index contributed by atoms with van der Waals surface area (Å²) in [7, 11) is 0. The van der Waals surface area contributed by atoms with Crippen molar-refractivity contribution in [1.29, 1.82) is 0 Å². The molecule has 18 heavy (non-hydrogen) atoms. The Balaban J connectivity index is 2.24. The Kier molecular flexibility index (Phi) is 5.12.